The van der Waals surface area contributed by atoms with Crippen LogP contribution in [0.3, 0.4) is 0 Å². The number of hydrogen-bond acceptors (Lipinski definition) is 4. The Bertz CT molecular complexity index is 955. The minimum Gasteiger partial charge on any atom is -0.444 e. The highest BCUT2D eigenvalue weighted by Crippen LogP contribution is 2.13. The van der Waals surface area contributed by atoms with Gasteiger partial charge in [-0.25, -0.2) is 9.78 Å². The van der Waals surface area contributed by atoms with Gasteiger partial charge in [0.25, 0.3) is 5.91 Å². The molecule has 7 heteroatoms. The maximum absolute atomic E-state index is 12.3. The standard InChI is InChI=1S/C20H22N4O3/c1-20(2,3)27-19(26)23-16-6-4-15(5-7-16)18(25)22-13-14-8-10-24-11-9-21-17(24)12-14/h4-12H,13H2,1-3H3,(H,22,25)(H,23,26). The normalized spacial score (nSPS) is 11.2. The first-order chi connectivity index (χ1) is 12.8. The highest BCUT2D eigenvalue weighted by Gasteiger charge is 2.16. The van der Waals surface area contributed by atoms with Gasteiger partial charge in [-0.3, -0.25) is 10.1 Å². The molecular formula is C20H22N4O3. The topological polar surface area (TPSA) is 84.7 Å². The molecule has 2 amide bonds. The summed E-state index contributed by atoms with van der Waals surface area (Å²) < 4.78 is 7.10. The molecule has 0 saturated heterocycles. The number of aromatic nitrogens is 2. The molecule has 1 aromatic carbocycles. The largest absolute Gasteiger partial charge is 0.444 e. The van der Waals surface area contributed by atoms with Gasteiger partial charge >= 0.3 is 6.09 Å². The second-order valence-corrected chi connectivity index (χ2v) is 7.11. The quantitative estimate of drug-likeness (QED) is 0.739. The molecule has 0 radical (unpaired) electrons. The Morgan fingerprint density at radius 3 is 2.56 bits per heavy atom. The summed E-state index contributed by atoms with van der Waals surface area (Å²) in [6.07, 6.45) is 4.96. The number of hydrogen-bond donors (Lipinski definition) is 2. The molecule has 3 rings (SSSR count). The van der Waals surface area contributed by atoms with Crippen molar-refractivity contribution in [3.63, 3.8) is 0 Å². The predicted molar refractivity (Wildman–Crippen MR) is 103 cm³/mol. The highest BCUT2D eigenvalue weighted by molar-refractivity contribution is 5.95. The Labute approximate surface area is 157 Å². The molecule has 27 heavy (non-hydrogen) atoms. The van der Waals surface area contributed by atoms with Gasteiger partial charge in [-0.1, -0.05) is 0 Å². The lowest BCUT2D eigenvalue weighted by Crippen LogP contribution is -2.27. The van der Waals surface area contributed by atoms with E-state index in [1.54, 1.807) is 51.2 Å². The van der Waals surface area contributed by atoms with E-state index in [1.165, 1.54) is 0 Å². The number of anilines is 1. The van der Waals surface area contributed by atoms with Crippen LogP contribution in [0.15, 0.2) is 55.0 Å². The van der Waals surface area contributed by atoms with Crippen LogP contribution in [0.4, 0.5) is 10.5 Å². The Morgan fingerprint density at radius 1 is 1.11 bits per heavy atom. The molecule has 0 aliphatic heterocycles. The maximum atomic E-state index is 12.3. The average molecular weight is 366 g/mol. The first kappa shape index (κ1) is 18.4. The van der Waals surface area contributed by atoms with Crippen LogP contribution in [0.1, 0.15) is 36.7 Å². The number of carbonyl (C=O) groups excluding carboxylic acids is 2. The molecule has 140 valence electrons. The minimum absolute atomic E-state index is 0.193. The molecule has 0 aliphatic rings. The number of rotatable bonds is 4. The van der Waals surface area contributed by atoms with Crippen LogP contribution >= 0.6 is 0 Å². The first-order valence-corrected chi connectivity index (χ1v) is 8.60. The van der Waals surface area contributed by atoms with Crippen LogP contribution in [0.25, 0.3) is 5.65 Å². The second kappa shape index (κ2) is 7.49. The van der Waals surface area contributed by atoms with Crippen molar-refractivity contribution >= 4 is 23.3 Å². The van der Waals surface area contributed by atoms with Gasteiger partial charge in [-0.15, -0.1) is 0 Å². The fourth-order valence-corrected chi connectivity index (χ4v) is 2.47. The van der Waals surface area contributed by atoms with Gasteiger partial charge in [0.15, 0.2) is 0 Å². The molecule has 0 unspecified atom stereocenters. The zero-order valence-electron chi connectivity index (χ0n) is 15.5. The van der Waals surface area contributed by atoms with Gasteiger partial charge < -0.3 is 14.5 Å². The van der Waals surface area contributed by atoms with E-state index in [-0.39, 0.29) is 5.91 Å². The van der Waals surface area contributed by atoms with Gasteiger partial charge in [0.1, 0.15) is 11.2 Å². The van der Waals surface area contributed by atoms with Crippen molar-refractivity contribution < 1.29 is 14.3 Å². The second-order valence-electron chi connectivity index (χ2n) is 7.11. The van der Waals surface area contributed by atoms with Crippen molar-refractivity contribution in [1.82, 2.24) is 14.7 Å². The van der Waals surface area contributed by atoms with Gasteiger partial charge in [-0.05, 0) is 62.7 Å². The summed E-state index contributed by atoms with van der Waals surface area (Å²) in [4.78, 5) is 28.3. The van der Waals surface area contributed by atoms with Crippen molar-refractivity contribution in [1.29, 1.82) is 0 Å². The van der Waals surface area contributed by atoms with Gasteiger partial charge in [0.2, 0.25) is 0 Å². The Kier molecular flexibility index (Phi) is 5.12. The lowest BCUT2D eigenvalue weighted by atomic mass is 10.2. The smallest absolute Gasteiger partial charge is 0.412 e. The lowest BCUT2D eigenvalue weighted by molar-refractivity contribution is 0.0635. The molecule has 0 bridgehead atoms. The van der Waals surface area contributed by atoms with Crippen molar-refractivity contribution in [2.45, 2.75) is 32.9 Å². The molecule has 0 spiro atoms. The highest BCUT2D eigenvalue weighted by atomic mass is 16.6. The monoisotopic (exact) mass is 366 g/mol. The summed E-state index contributed by atoms with van der Waals surface area (Å²) in [6.45, 7) is 5.79. The van der Waals surface area contributed by atoms with E-state index in [9.17, 15) is 9.59 Å². The van der Waals surface area contributed by atoms with E-state index in [0.717, 1.165) is 11.2 Å². The van der Waals surface area contributed by atoms with Gasteiger partial charge in [-0.2, -0.15) is 0 Å². The lowest BCUT2D eigenvalue weighted by Gasteiger charge is -2.19. The predicted octanol–water partition coefficient (Wildman–Crippen LogP) is 3.61. The van der Waals surface area contributed by atoms with Crippen LogP contribution in [0.5, 0.6) is 0 Å². The van der Waals surface area contributed by atoms with E-state index in [0.29, 0.717) is 17.8 Å². The zero-order chi connectivity index (χ0) is 19.4. The summed E-state index contributed by atoms with van der Waals surface area (Å²) in [5, 5.41) is 5.51. The van der Waals surface area contributed by atoms with Crippen LogP contribution < -0.4 is 10.6 Å². The number of ether oxygens (including phenoxy) is 1. The third-order valence-corrected chi connectivity index (χ3v) is 3.71. The van der Waals surface area contributed by atoms with Crippen molar-refractivity contribution in [2.75, 3.05) is 5.32 Å². The molecule has 0 fully saturated rings. The number of nitrogens with zero attached hydrogens (tertiary/aromatic N) is 2. The molecule has 2 heterocycles. The third-order valence-electron chi connectivity index (χ3n) is 3.71. The average Bonchev–Trinajstić information content (AvgIpc) is 3.06. The number of carbonyl (C=O) groups is 2. The minimum atomic E-state index is -0.566. The molecule has 2 N–H and O–H groups in total. The van der Waals surface area contributed by atoms with Crippen molar-refractivity contribution in [3.05, 3.63) is 66.1 Å². The zero-order valence-corrected chi connectivity index (χ0v) is 15.5. The molecule has 0 saturated carbocycles. The number of nitrogens with one attached hydrogen (secondary N) is 2. The van der Waals surface area contributed by atoms with E-state index in [2.05, 4.69) is 15.6 Å². The molecule has 7 nitrogen and oxygen atoms in total. The third kappa shape index (κ3) is 5.07. The Morgan fingerprint density at radius 2 is 1.85 bits per heavy atom. The van der Waals surface area contributed by atoms with Crippen LogP contribution in [-0.2, 0) is 11.3 Å². The molecule has 0 atom stereocenters. The van der Waals surface area contributed by atoms with E-state index in [4.69, 9.17) is 4.74 Å². The number of pyridine rings is 1. The summed E-state index contributed by atoms with van der Waals surface area (Å²) in [6, 6.07) is 10.5. The summed E-state index contributed by atoms with van der Waals surface area (Å²) in [5.74, 6) is -0.193. The number of imidazole rings is 1. The molecule has 2 aromatic heterocycles. The summed E-state index contributed by atoms with van der Waals surface area (Å²) in [5.41, 5.74) is 2.30. The summed E-state index contributed by atoms with van der Waals surface area (Å²) in [7, 11) is 0. The van der Waals surface area contributed by atoms with Gasteiger partial charge in [0.05, 0.1) is 0 Å². The van der Waals surface area contributed by atoms with E-state index < -0.39 is 11.7 Å². The van der Waals surface area contributed by atoms with Crippen molar-refractivity contribution in [3.8, 4) is 0 Å². The Balaban J connectivity index is 1.56. The first-order valence-electron chi connectivity index (χ1n) is 8.60. The Hall–Kier alpha value is -3.35. The fraction of sp³-hybridized carbons (Fsp3) is 0.250. The SMILES string of the molecule is CC(C)(C)OC(=O)Nc1ccc(C(=O)NCc2ccn3ccnc3c2)cc1. The molecule has 0 aliphatic carbocycles. The van der Waals surface area contributed by atoms with Crippen LogP contribution in [-0.4, -0.2) is 27.0 Å². The van der Waals surface area contributed by atoms with Gasteiger partial charge in [0, 0.05) is 36.4 Å². The number of fused-ring (bicyclic) bond motifs is 1. The summed E-state index contributed by atoms with van der Waals surface area (Å²) >= 11 is 0. The maximum Gasteiger partial charge on any atom is 0.412 e. The number of benzene rings is 1. The molecular weight excluding hydrogens is 344 g/mol. The van der Waals surface area contributed by atoms with Crippen LogP contribution in [0.2, 0.25) is 0 Å². The van der Waals surface area contributed by atoms with Crippen LogP contribution in [0, 0.1) is 0 Å². The number of amides is 2. The molecule has 3 aromatic rings. The fourth-order valence-electron chi connectivity index (χ4n) is 2.47. The van der Waals surface area contributed by atoms with E-state index in [1.807, 2.05) is 28.9 Å². The van der Waals surface area contributed by atoms with Crippen molar-refractivity contribution in [2.24, 2.45) is 0 Å². The van der Waals surface area contributed by atoms with E-state index >= 15 is 0 Å².